The van der Waals surface area contributed by atoms with E-state index in [4.69, 9.17) is 0 Å². The number of amides is 1. The first-order valence-corrected chi connectivity index (χ1v) is 6.75. The number of rotatable bonds is 6. The molecule has 21 heavy (non-hydrogen) atoms. The Kier molecular flexibility index (Phi) is 10.6. The Labute approximate surface area is 143 Å². The van der Waals surface area contributed by atoms with Gasteiger partial charge in [0.1, 0.15) is 0 Å². The molecule has 0 saturated heterocycles. The molecule has 1 aromatic heterocycles. The van der Waals surface area contributed by atoms with Crippen molar-refractivity contribution in [3.8, 4) is 0 Å². The highest BCUT2D eigenvalue weighted by molar-refractivity contribution is 14.0. The summed E-state index contributed by atoms with van der Waals surface area (Å²) in [7, 11) is 3.46. The van der Waals surface area contributed by atoms with E-state index < -0.39 is 0 Å². The maximum absolute atomic E-state index is 11.6. The molecule has 0 aromatic carbocycles. The summed E-state index contributed by atoms with van der Waals surface area (Å²) in [5.74, 6) is 0.640. The minimum absolute atomic E-state index is 0. The molecule has 0 atom stereocenters. The normalized spacial score (nSPS) is 10.5. The number of hydrogen-bond donors (Lipinski definition) is 2. The molecule has 1 amide bonds. The second-order valence-electron chi connectivity index (χ2n) is 4.55. The van der Waals surface area contributed by atoms with Crippen LogP contribution in [0.1, 0.15) is 19.0 Å². The van der Waals surface area contributed by atoms with Gasteiger partial charge in [0.15, 0.2) is 5.96 Å². The van der Waals surface area contributed by atoms with Crippen molar-refractivity contribution in [2.45, 2.75) is 19.9 Å². The van der Waals surface area contributed by atoms with E-state index in [-0.39, 0.29) is 36.4 Å². The first kappa shape index (κ1) is 19.6. The Morgan fingerprint density at radius 3 is 2.67 bits per heavy atom. The van der Waals surface area contributed by atoms with Crippen LogP contribution in [0.4, 0.5) is 0 Å². The fraction of sp³-hybridized carbons (Fsp3) is 0.500. The average molecular weight is 405 g/mol. The van der Waals surface area contributed by atoms with Crippen molar-refractivity contribution in [1.29, 1.82) is 0 Å². The molecular weight excluding hydrogens is 381 g/mol. The van der Waals surface area contributed by atoms with Gasteiger partial charge in [0.2, 0.25) is 5.91 Å². The summed E-state index contributed by atoms with van der Waals surface area (Å²) in [5.41, 5.74) is 0.893. The fourth-order valence-electron chi connectivity index (χ4n) is 1.39. The van der Waals surface area contributed by atoms with E-state index in [1.807, 2.05) is 18.2 Å². The Bertz CT molecular complexity index is 436. The van der Waals surface area contributed by atoms with Gasteiger partial charge in [-0.25, -0.2) is 4.99 Å². The van der Waals surface area contributed by atoms with Gasteiger partial charge in [-0.15, -0.1) is 24.0 Å². The predicted octanol–water partition coefficient (Wildman–Crippen LogP) is 1.23. The molecule has 118 valence electrons. The smallest absolute Gasteiger partial charge is 0.241 e. The fourth-order valence-corrected chi connectivity index (χ4v) is 1.39. The van der Waals surface area contributed by atoms with Gasteiger partial charge in [-0.05, 0) is 18.6 Å². The molecule has 0 aliphatic rings. The number of halogens is 1. The lowest BCUT2D eigenvalue weighted by Gasteiger charge is -2.14. The summed E-state index contributed by atoms with van der Waals surface area (Å²) in [5, 5.41) is 6.20. The molecule has 2 N–H and O–H groups in total. The van der Waals surface area contributed by atoms with Crippen LogP contribution in [0.3, 0.4) is 0 Å². The lowest BCUT2D eigenvalue weighted by molar-refractivity contribution is -0.127. The molecule has 7 heteroatoms. The van der Waals surface area contributed by atoms with Gasteiger partial charge in [0.05, 0.1) is 18.8 Å². The van der Waals surface area contributed by atoms with Crippen LogP contribution < -0.4 is 10.6 Å². The van der Waals surface area contributed by atoms with Crippen LogP contribution in [0, 0.1) is 0 Å². The lowest BCUT2D eigenvalue weighted by Crippen LogP contribution is -2.43. The molecule has 0 fully saturated rings. The molecule has 0 saturated carbocycles. The third-order valence-corrected chi connectivity index (χ3v) is 2.57. The highest BCUT2D eigenvalue weighted by atomic mass is 127. The second kappa shape index (κ2) is 11.3. The molecule has 0 aliphatic heterocycles. The van der Waals surface area contributed by atoms with E-state index in [1.165, 1.54) is 0 Å². The number of likely N-dealkylation sites (N-methyl/N-ethyl adjacent to an activating group) is 1. The summed E-state index contributed by atoms with van der Waals surface area (Å²) in [6.45, 7) is 3.60. The van der Waals surface area contributed by atoms with Crippen LogP contribution in [0.25, 0.3) is 0 Å². The number of carbonyl (C=O) groups excluding carboxylic acids is 1. The van der Waals surface area contributed by atoms with Crippen molar-refractivity contribution in [2.75, 3.05) is 27.2 Å². The SMILES string of the molecule is CCCNC(=NCc1ccccn1)NCC(=O)N(C)C.I. The van der Waals surface area contributed by atoms with Gasteiger partial charge in [0.25, 0.3) is 0 Å². The lowest BCUT2D eigenvalue weighted by atomic mass is 10.3. The summed E-state index contributed by atoms with van der Waals surface area (Å²) < 4.78 is 0. The van der Waals surface area contributed by atoms with Crippen molar-refractivity contribution in [2.24, 2.45) is 4.99 Å². The van der Waals surface area contributed by atoms with Crippen LogP contribution >= 0.6 is 24.0 Å². The summed E-state index contributed by atoms with van der Waals surface area (Å²) >= 11 is 0. The molecule has 1 aromatic rings. The van der Waals surface area contributed by atoms with E-state index in [0.717, 1.165) is 18.7 Å². The number of nitrogens with zero attached hydrogens (tertiary/aromatic N) is 3. The quantitative estimate of drug-likeness (QED) is 0.425. The van der Waals surface area contributed by atoms with Gasteiger partial charge in [-0.3, -0.25) is 9.78 Å². The zero-order valence-corrected chi connectivity index (χ0v) is 15.1. The van der Waals surface area contributed by atoms with Crippen LogP contribution in [0.15, 0.2) is 29.4 Å². The monoisotopic (exact) mass is 405 g/mol. The highest BCUT2D eigenvalue weighted by Crippen LogP contribution is 1.95. The topological polar surface area (TPSA) is 69.6 Å². The largest absolute Gasteiger partial charge is 0.356 e. The Hall–Kier alpha value is -1.38. The number of aromatic nitrogens is 1. The van der Waals surface area contributed by atoms with Crippen molar-refractivity contribution >= 4 is 35.8 Å². The van der Waals surface area contributed by atoms with Gasteiger partial charge in [-0.2, -0.15) is 0 Å². The maximum Gasteiger partial charge on any atom is 0.241 e. The zero-order chi connectivity index (χ0) is 14.8. The van der Waals surface area contributed by atoms with Crippen molar-refractivity contribution in [3.63, 3.8) is 0 Å². The number of guanidine groups is 1. The third-order valence-electron chi connectivity index (χ3n) is 2.57. The molecule has 0 radical (unpaired) electrons. The molecule has 6 nitrogen and oxygen atoms in total. The Morgan fingerprint density at radius 2 is 2.10 bits per heavy atom. The highest BCUT2D eigenvalue weighted by Gasteiger charge is 2.05. The zero-order valence-electron chi connectivity index (χ0n) is 12.8. The van der Waals surface area contributed by atoms with E-state index in [2.05, 4.69) is 27.5 Å². The molecule has 0 spiro atoms. The Morgan fingerprint density at radius 1 is 1.33 bits per heavy atom. The van der Waals surface area contributed by atoms with Crippen LogP contribution in [0.2, 0.25) is 0 Å². The predicted molar refractivity (Wildman–Crippen MR) is 95.8 cm³/mol. The van der Waals surface area contributed by atoms with Gasteiger partial charge in [-0.1, -0.05) is 13.0 Å². The van der Waals surface area contributed by atoms with Crippen molar-refractivity contribution in [3.05, 3.63) is 30.1 Å². The second-order valence-corrected chi connectivity index (χ2v) is 4.55. The minimum Gasteiger partial charge on any atom is -0.356 e. The first-order chi connectivity index (χ1) is 9.63. The van der Waals surface area contributed by atoms with E-state index in [1.54, 1.807) is 25.2 Å². The van der Waals surface area contributed by atoms with Crippen molar-refractivity contribution in [1.82, 2.24) is 20.5 Å². The number of nitrogens with one attached hydrogen (secondary N) is 2. The van der Waals surface area contributed by atoms with E-state index in [0.29, 0.717) is 12.5 Å². The number of aliphatic imine (C=N–C) groups is 1. The molecule has 1 heterocycles. The van der Waals surface area contributed by atoms with E-state index >= 15 is 0 Å². The van der Waals surface area contributed by atoms with Crippen LogP contribution in [-0.4, -0.2) is 48.9 Å². The molecular formula is C14H24IN5O. The number of hydrogen-bond acceptors (Lipinski definition) is 3. The van der Waals surface area contributed by atoms with Gasteiger partial charge < -0.3 is 15.5 Å². The summed E-state index contributed by atoms with van der Waals surface area (Å²) in [6, 6.07) is 5.73. The Balaban J connectivity index is 0.00000400. The maximum atomic E-state index is 11.6. The molecule has 0 bridgehead atoms. The third kappa shape index (κ3) is 8.49. The molecule has 0 aliphatic carbocycles. The first-order valence-electron chi connectivity index (χ1n) is 6.75. The standard InChI is InChI=1S/C14H23N5O.HI/c1-4-8-16-14(18-11-13(20)19(2)3)17-10-12-7-5-6-9-15-12;/h5-7,9H,4,8,10-11H2,1-3H3,(H2,16,17,18);1H. The summed E-state index contributed by atoms with van der Waals surface area (Å²) in [4.78, 5) is 21.7. The van der Waals surface area contributed by atoms with Gasteiger partial charge >= 0.3 is 0 Å². The number of pyridine rings is 1. The van der Waals surface area contributed by atoms with Crippen molar-refractivity contribution < 1.29 is 4.79 Å². The van der Waals surface area contributed by atoms with Crippen LogP contribution in [0.5, 0.6) is 0 Å². The number of carbonyl (C=O) groups is 1. The molecule has 1 rings (SSSR count). The summed E-state index contributed by atoms with van der Waals surface area (Å²) in [6.07, 6.45) is 2.74. The van der Waals surface area contributed by atoms with Gasteiger partial charge in [0, 0.05) is 26.8 Å². The average Bonchev–Trinajstić information content (AvgIpc) is 2.47. The van der Waals surface area contributed by atoms with Crippen LogP contribution in [-0.2, 0) is 11.3 Å². The molecule has 0 unspecified atom stereocenters. The minimum atomic E-state index is 0. The van der Waals surface area contributed by atoms with E-state index in [9.17, 15) is 4.79 Å².